The monoisotopic (exact) mass is 248 g/mol. The number of carboxylic acid groups (broad SMARTS) is 1. The number of aromatic nitrogens is 2. The average molecular weight is 248 g/mol. The summed E-state index contributed by atoms with van der Waals surface area (Å²) in [5, 5.41) is 8.84. The summed E-state index contributed by atoms with van der Waals surface area (Å²) in [5.74, 6) is 0.578. The molecule has 0 aromatic carbocycles. The van der Waals surface area contributed by atoms with Gasteiger partial charge in [0.2, 0.25) is 0 Å². The number of furan rings is 1. The normalized spacial score (nSPS) is 11.1. The van der Waals surface area contributed by atoms with Gasteiger partial charge in [-0.25, -0.2) is 9.78 Å². The number of thiazole rings is 1. The predicted molar refractivity (Wildman–Crippen MR) is 62.5 cm³/mol. The van der Waals surface area contributed by atoms with Crippen molar-refractivity contribution in [1.82, 2.24) is 9.38 Å². The fourth-order valence-corrected chi connectivity index (χ4v) is 2.39. The van der Waals surface area contributed by atoms with Crippen LogP contribution >= 0.6 is 11.3 Å². The maximum Gasteiger partial charge on any atom is 0.347 e. The Balaban J connectivity index is 2.09. The first-order valence-electron chi connectivity index (χ1n) is 4.92. The summed E-state index contributed by atoms with van der Waals surface area (Å²) in [6.45, 7) is 1.87. The van der Waals surface area contributed by atoms with Gasteiger partial charge in [-0.05, 0) is 19.1 Å². The SMILES string of the molecule is Cc1ccc(-c2cn3cc(C(=O)O)sc3n2)o1. The van der Waals surface area contributed by atoms with Crippen LogP contribution in [-0.2, 0) is 0 Å². The standard InChI is InChI=1S/C11H8N2O3S/c1-6-2-3-8(16-6)7-4-13-5-9(10(14)15)17-11(13)12-7/h2-5H,1H3,(H,14,15). The molecular formula is C11H8N2O3S. The Morgan fingerprint density at radius 3 is 2.88 bits per heavy atom. The van der Waals surface area contributed by atoms with Crippen molar-refractivity contribution >= 4 is 22.3 Å². The molecule has 0 unspecified atom stereocenters. The van der Waals surface area contributed by atoms with E-state index in [0.29, 0.717) is 16.4 Å². The van der Waals surface area contributed by atoms with Crippen LogP contribution < -0.4 is 0 Å². The second-order valence-electron chi connectivity index (χ2n) is 3.63. The molecule has 0 fully saturated rings. The van der Waals surface area contributed by atoms with Crippen LogP contribution in [0.25, 0.3) is 16.4 Å². The van der Waals surface area contributed by atoms with E-state index in [9.17, 15) is 4.79 Å². The van der Waals surface area contributed by atoms with Gasteiger partial charge in [0.15, 0.2) is 10.7 Å². The van der Waals surface area contributed by atoms with E-state index in [2.05, 4.69) is 4.98 Å². The summed E-state index contributed by atoms with van der Waals surface area (Å²) in [4.78, 5) is 16.0. The predicted octanol–water partition coefficient (Wildman–Crippen LogP) is 2.66. The van der Waals surface area contributed by atoms with Crippen molar-refractivity contribution in [2.24, 2.45) is 0 Å². The van der Waals surface area contributed by atoms with Crippen molar-refractivity contribution in [3.63, 3.8) is 0 Å². The molecule has 86 valence electrons. The Hall–Kier alpha value is -2.08. The molecule has 0 bridgehead atoms. The van der Waals surface area contributed by atoms with Crippen LogP contribution in [0.15, 0.2) is 28.9 Å². The van der Waals surface area contributed by atoms with Gasteiger partial charge >= 0.3 is 5.97 Å². The van der Waals surface area contributed by atoms with Crippen molar-refractivity contribution in [3.8, 4) is 11.5 Å². The Bertz CT molecular complexity index is 676. The average Bonchev–Trinajstić information content (AvgIpc) is 2.88. The molecule has 6 heteroatoms. The van der Waals surface area contributed by atoms with Crippen LogP contribution in [0.2, 0.25) is 0 Å². The highest BCUT2D eigenvalue weighted by Crippen LogP contribution is 2.25. The minimum Gasteiger partial charge on any atom is -0.477 e. The third-order valence-electron chi connectivity index (χ3n) is 2.36. The summed E-state index contributed by atoms with van der Waals surface area (Å²) < 4.78 is 7.15. The molecule has 0 amide bonds. The van der Waals surface area contributed by atoms with Crippen molar-refractivity contribution < 1.29 is 14.3 Å². The van der Waals surface area contributed by atoms with Crippen LogP contribution in [-0.4, -0.2) is 20.5 Å². The first-order chi connectivity index (χ1) is 8.13. The van der Waals surface area contributed by atoms with Gasteiger partial charge in [0.05, 0.1) is 0 Å². The lowest BCUT2D eigenvalue weighted by molar-refractivity contribution is 0.0702. The molecule has 0 saturated heterocycles. The first-order valence-corrected chi connectivity index (χ1v) is 5.74. The zero-order valence-electron chi connectivity index (χ0n) is 8.88. The zero-order valence-corrected chi connectivity index (χ0v) is 9.69. The number of fused-ring (bicyclic) bond motifs is 1. The van der Waals surface area contributed by atoms with E-state index in [1.165, 1.54) is 0 Å². The third kappa shape index (κ3) is 1.62. The van der Waals surface area contributed by atoms with E-state index in [4.69, 9.17) is 9.52 Å². The van der Waals surface area contributed by atoms with Crippen molar-refractivity contribution in [2.45, 2.75) is 6.92 Å². The van der Waals surface area contributed by atoms with Crippen molar-refractivity contribution in [1.29, 1.82) is 0 Å². The number of hydrogen-bond acceptors (Lipinski definition) is 4. The van der Waals surface area contributed by atoms with E-state index in [1.807, 2.05) is 19.1 Å². The minimum absolute atomic E-state index is 0.273. The maximum absolute atomic E-state index is 10.8. The molecule has 3 rings (SSSR count). The van der Waals surface area contributed by atoms with Gasteiger partial charge in [-0.2, -0.15) is 0 Å². The van der Waals surface area contributed by atoms with Crippen LogP contribution in [0.3, 0.4) is 0 Å². The number of carboxylic acids is 1. The second kappa shape index (κ2) is 3.46. The largest absolute Gasteiger partial charge is 0.477 e. The Morgan fingerprint density at radius 2 is 2.29 bits per heavy atom. The number of carbonyl (C=O) groups is 1. The topological polar surface area (TPSA) is 67.7 Å². The van der Waals surface area contributed by atoms with Crippen molar-refractivity contribution in [3.05, 3.63) is 35.2 Å². The van der Waals surface area contributed by atoms with Gasteiger partial charge in [-0.15, -0.1) is 0 Å². The van der Waals surface area contributed by atoms with E-state index in [1.54, 1.807) is 16.8 Å². The molecule has 0 aliphatic rings. The number of imidazole rings is 1. The molecule has 0 aliphatic carbocycles. The number of rotatable bonds is 2. The van der Waals surface area contributed by atoms with Crippen LogP contribution in [0, 0.1) is 6.92 Å². The number of aromatic carboxylic acids is 1. The van der Waals surface area contributed by atoms with Gasteiger partial charge in [0.25, 0.3) is 0 Å². The maximum atomic E-state index is 10.8. The van der Waals surface area contributed by atoms with E-state index in [0.717, 1.165) is 17.1 Å². The van der Waals surface area contributed by atoms with E-state index in [-0.39, 0.29) is 4.88 Å². The lowest BCUT2D eigenvalue weighted by Crippen LogP contribution is -1.90. The summed E-state index contributed by atoms with van der Waals surface area (Å²) >= 11 is 1.14. The van der Waals surface area contributed by atoms with Gasteiger partial charge < -0.3 is 9.52 Å². The molecule has 0 radical (unpaired) electrons. The van der Waals surface area contributed by atoms with Crippen LogP contribution in [0.4, 0.5) is 0 Å². The molecule has 5 nitrogen and oxygen atoms in total. The van der Waals surface area contributed by atoms with Crippen LogP contribution in [0.5, 0.6) is 0 Å². The second-order valence-corrected chi connectivity index (χ2v) is 4.64. The van der Waals surface area contributed by atoms with Gasteiger partial charge in [0, 0.05) is 12.4 Å². The Kier molecular flexibility index (Phi) is 2.05. The van der Waals surface area contributed by atoms with Gasteiger partial charge in [-0.1, -0.05) is 11.3 Å². The molecular weight excluding hydrogens is 240 g/mol. The Morgan fingerprint density at radius 1 is 1.47 bits per heavy atom. The fraction of sp³-hybridized carbons (Fsp3) is 0.0909. The highest BCUT2D eigenvalue weighted by atomic mass is 32.1. The summed E-state index contributed by atoms with van der Waals surface area (Å²) in [5.41, 5.74) is 0.710. The molecule has 0 spiro atoms. The summed E-state index contributed by atoms with van der Waals surface area (Å²) in [7, 11) is 0. The minimum atomic E-state index is -0.934. The van der Waals surface area contributed by atoms with Gasteiger partial charge in [0.1, 0.15) is 16.3 Å². The van der Waals surface area contributed by atoms with E-state index >= 15 is 0 Å². The van der Waals surface area contributed by atoms with E-state index < -0.39 is 5.97 Å². The first kappa shape index (κ1) is 10.1. The smallest absolute Gasteiger partial charge is 0.347 e. The number of nitrogens with zero attached hydrogens (tertiary/aromatic N) is 2. The molecule has 3 aromatic heterocycles. The molecule has 17 heavy (non-hydrogen) atoms. The highest BCUT2D eigenvalue weighted by molar-refractivity contribution is 7.18. The summed E-state index contributed by atoms with van der Waals surface area (Å²) in [6.07, 6.45) is 3.31. The molecule has 0 saturated carbocycles. The lowest BCUT2D eigenvalue weighted by atomic mass is 10.3. The molecule has 3 aromatic rings. The fourth-order valence-electron chi connectivity index (χ4n) is 1.59. The molecule has 0 aliphatic heterocycles. The molecule has 3 heterocycles. The zero-order chi connectivity index (χ0) is 12.0. The lowest BCUT2D eigenvalue weighted by Gasteiger charge is -1.87. The van der Waals surface area contributed by atoms with Gasteiger partial charge in [-0.3, -0.25) is 4.40 Å². The number of aryl methyl sites for hydroxylation is 1. The third-order valence-corrected chi connectivity index (χ3v) is 3.34. The summed E-state index contributed by atoms with van der Waals surface area (Å²) in [6, 6.07) is 3.71. The highest BCUT2D eigenvalue weighted by Gasteiger charge is 2.13. The van der Waals surface area contributed by atoms with Crippen LogP contribution in [0.1, 0.15) is 15.4 Å². The molecule has 1 N–H and O–H groups in total. The molecule has 0 atom stereocenters. The Labute approximate surface area is 99.9 Å². The number of hydrogen-bond donors (Lipinski definition) is 1. The quantitative estimate of drug-likeness (QED) is 0.757. The van der Waals surface area contributed by atoms with Crippen molar-refractivity contribution in [2.75, 3.05) is 0 Å².